The number of aryl methyl sites for hydroxylation is 1. The number of benzene rings is 1. The summed E-state index contributed by atoms with van der Waals surface area (Å²) in [5, 5.41) is 10.8. The van der Waals surface area contributed by atoms with E-state index in [1.807, 2.05) is 56.4 Å². The zero-order chi connectivity index (χ0) is 18.7. The summed E-state index contributed by atoms with van der Waals surface area (Å²) >= 11 is 1.67. The summed E-state index contributed by atoms with van der Waals surface area (Å²) in [6.45, 7) is 4.17. The van der Waals surface area contributed by atoms with Crippen molar-refractivity contribution in [2.24, 2.45) is 0 Å². The number of rotatable bonds is 6. The summed E-state index contributed by atoms with van der Waals surface area (Å²) in [4.78, 5) is 21.8. The molecule has 2 aromatic rings. The highest BCUT2D eigenvalue weighted by Gasteiger charge is 2.44. The van der Waals surface area contributed by atoms with Crippen LogP contribution in [0.15, 0.2) is 30.5 Å². The lowest BCUT2D eigenvalue weighted by Crippen LogP contribution is -2.53. The van der Waals surface area contributed by atoms with Crippen molar-refractivity contribution < 1.29 is 14.6 Å². The minimum Gasteiger partial charge on any atom is -0.478 e. The van der Waals surface area contributed by atoms with E-state index >= 15 is 0 Å². The molecule has 0 saturated carbocycles. The van der Waals surface area contributed by atoms with Crippen LogP contribution in [0.2, 0.25) is 0 Å². The number of thiazole rings is 1. The number of hydrogen-bond donors (Lipinski definition) is 1. The highest BCUT2D eigenvalue weighted by molar-refractivity contribution is 7.15. The molecule has 7 heteroatoms. The molecule has 140 valence electrons. The van der Waals surface area contributed by atoms with E-state index in [1.54, 1.807) is 11.3 Å². The molecule has 1 aliphatic rings. The predicted octanol–water partition coefficient (Wildman–Crippen LogP) is 3.02. The Balaban J connectivity index is 1.63. The summed E-state index contributed by atoms with van der Waals surface area (Å²) in [5.41, 5.74) is -0.0213. The molecule has 1 aliphatic heterocycles. The largest absolute Gasteiger partial charge is 0.478 e. The highest BCUT2D eigenvalue weighted by atomic mass is 32.1. The third-order valence-electron chi connectivity index (χ3n) is 4.69. The maximum Gasteiger partial charge on any atom is 0.348 e. The second kappa shape index (κ2) is 7.63. The number of anilines is 1. The van der Waals surface area contributed by atoms with E-state index in [2.05, 4.69) is 9.88 Å². The zero-order valence-corrected chi connectivity index (χ0v) is 16.3. The van der Waals surface area contributed by atoms with E-state index in [9.17, 15) is 9.90 Å². The lowest BCUT2D eigenvalue weighted by Gasteiger charge is -2.38. The van der Waals surface area contributed by atoms with E-state index in [1.165, 1.54) is 4.88 Å². The van der Waals surface area contributed by atoms with Gasteiger partial charge in [0.15, 0.2) is 5.13 Å². The molecular weight excluding hydrogens is 350 g/mol. The van der Waals surface area contributed by atoms with E-state index in [-0.39, 0.29) is 0 Å². The van der Waals surface area contributed by atoms with Crippen molar-refractivity contribution in [3.05, 3.63) is 40.9 Å². The minimum atomic E-state index is -1.14. The molecule has 0 atom stereocenters. The van der Waals surface area contributed by atoms with Crippen LogP contribution in [-0.4, -0.2) is 53.7 Å². The summed E-state index contributed by atoms with van der Waals surface area (Å²) in [6.07, 6.45) is 2.84. The average molecular weight is 375 g/mol. The molecule has 0 amide bonds. The van der Waals surface area contributed by atoms with E-state index < -0.39 is 11.6 Å². The van der Waals surface area contributed by atoms with Crippen LogP contribution < -0.4 is 9.64 Å². The molecule has 0 spiro atoms. The first-order valence-electron chi connectivity index (χ1n) is 8.71. The maximum atomic E-state index is 11.9. The van der Waals surface area contributed by atoms with Crippen molar-refractivity contribution in [3.8, 4) is 5.75 Å². The van der Waals surface area contributed by atoms with E-state index in [4.69, 9.17) is 4.74 Å². The van der Waals surface area contributed by atoms with Gasteiger partial charge in [-0.3, -0.25) is 4.90 Å². The van der Waals surface area contributed by atoms with Gasteiger partial charge in [-0.1, -0.05) is 17.7 Å². The predicted molar refractivity (Wildman–Crippen MR) is 103 cm³/mol. The molecule has 0 bridgehead atoms. The van der Waals surface area contributed by atoms with Gasteiger partial charge in [0, 0.05) is 57.6 Å². The van der Waals surface area contributed by atoms with E-state index in [0.717, 1.165) is 17.2 Å². The van der Waals surface area contributed by atoms with Gasteiger partial charge in [-0.05, 0) is 19.1 Å². The molecule has 1 N–H and O–H groups in total. The quantitative estimate of drug-likeness (QED) is 0.837. The topological polar surface area (TPSA) is 65.9 Å². The Bertz CT molecular complexity index is 750. The molecule has 6 nitrogen and oxygen atoms in total. The lowest BCUT2D eigenvalue weighted by atomic mass is 9.91. The summed E-state index contributed by atoms with van der Waals surface area (Å²) < 4.78 is 5.95. The first-order valence-corrected chi connectivity index (χ1v) is 9.53. The van der Waals surface area contributed by atoms with Crippen LogP contribution >= 0.6 is 11.3 Å². The van der Waals surface area contributed by atoms with Gasteiger partial charge in [0.25, 0.3) is 0 Å². The van der Waals surface area contributed by atoms with Crippen LogP contribution in [0.4, 0.5) is 5.13 Å². The van der Waals surface area contributed by atoms with Gasteiger partial charge in [-0.25, -0.2) is 9.78 Å². The normalized spacial score (nSPS) is 17.0. The second-order valence-electron chi connectivity index (χ2n) is 6.99. The molecule has 0 unspecified atom stereocenters. The number of carboxylic acid groups (broad SMARTS) is 1. The van der Waals surface area contributed by atoms with Crippen molar-refractivity contribution in [2.45, 2.75) is 31.9 Å². The molecule has 1 aromatic carbocycles. The minimum absolute atomic E-state index is 0.468. The van der Waals surface area contributed by atoms with Gasteiger partial charge >= 0.3 is 5.97 Å². The van der Waals surface area contributed by atoms with Gasteiger partial charge in [-0.2, -0.15) is 0 Å². The number of piperidine rings is 1. The molecule has 1 saturated heterocycles. The van der Waals surface area contributed by atoms with Crippen LogP contribution in [-0.2, 0) is 11.3 Å². The van der Waals surface area contributed by atoms with Crippen LogP contribution in [0.5, 0.6) is 5.75 Å². The molecule has 0 aliphatic carbocycles. The first-order chi connectivity index (χ1) is 12.4. The van der Waals surface area contributed by atoms with Crippen molar-refractivity contribution in [2.75, 3.05) is 32.1 Å². The van der Waals surface area contributed by atoms with Crippen molar-refractivity contribution >= 4 is 22.4 Å². The number of aromatic nitrogens is 1. The summed E-state index contributed by atoms with van der Waals surface area (Å²) in [6, 6.07) is 7.55. The van der Waals surface area contributed by atoms with E-state index in [0.29, 0.717) is 31.7 Å². The highest BCUT2D eigenvalue weighted by Crippen LogP contribution is 2.31. The van der Waals surface area contributed by atoms with Gasteiger partial charge in [0.1, 0.15) is 5.75 Å². The molecule has 0 radical (unpaired) electrons. The Morgan fingerprint density at radius 2 is 1.96 bits per heavy atom. The van der Waals surface area contributed by atoms with Crippen LogP contribution in [0, 0.1) is 6.92 Å². The Hall–Kier alpha value is -2.12. The summed E-state index contributed by atoms with van der Waals surface area (Å²) in [5.74, 6) is -0.269. The number of nitrogens with zero attached hydrogens (tertiary/aromatic N) is 3. The van der Waals surface area contributed by atoms with Crippen molar-refractivity contribution in [1.29, 1.82) is 0 Å². The number of carbonyl (C=O) groups is 1. The maximum absolute atomic E-state index is 11.9. The molecule has 2 heterocycles. The Kier molecular flexibility index (Phi) is 5.48. The van der Waals surface area contributed by atoms with Crippen molar-refractivity contribution in [1.82, 2.24) is 9.88 Å². The summed E-state index contributed by atoms with van der Waals surface area (Å²) in [7, 11) is 3.96. The van der Waals surface area contributed by atoms with Crippen LogP contribution in [0.25, 0.3) is 0 Å². The van der Waals surface area contributed by atoms with Crippen molar-refractivity contribution in [3.63, 3.8) is 0 Å². The third-order valence-corrected chi connectivity index (χ3v) is 5.84. The van der Waals surface area contributed by atoms with Gasteiger partial charge < -0.3 is 14.7 Å². The molecule has 1 aromatic heterocycles. The van der Waals surface area contributed by atoms with Crippen LogP contribution in [0.3, 0.4) is 0 Å². The fourth-order valence-corrected chi connectivity index (χ4v) is 3.94. The van der Waals surface area contributed by atoms with Gasteiger partial charge in [0.05, 0.1) is 0 Å². The second-order valence-corrected chi connectivity index (χ2v) is 8.09. The number of carboxylic acids is 1. The first kappa shape index (κ1) is 18.7. The zero-order valence-electron chi connectivity index (χ0n) is 15.4. The third kappa shape index (κ3) is 4.16. The average Bonchev–Trinajstić information content (AvgIpc) is 3.07. The lowest BCUT2D eigenvalue weighted by molar-refractivity contribution is -0.159. The molecule has 1 fully saturated rings. The number of aliphatic carboxylic acids is 1. The Labute approximate surface area is 158 Å². The fourth-order valence-electron chi connectivity index (χ4n) is 3.06. The van der Waals surface area contributed by atoms with Gasteiger partial charge in [-0.15, -0.1) is 11.3 Å². The Morgan fingerprint density at radius 1 is 1.31 bits per heavy atom. The molecule has 26 heavy (non-hydrogen) atoms. The number of ether oxygens (including phenoxy) is 1. The Morgan fingerprint density at radius 3 is 2.50 bits per heavy atom. The number of likely N-dealkylation sites (tertiary alicyclic amines) is 1. The smallest absolute Gasteiger partial charge is 0.348 e. The molecular formula is C19H25N3O3S. The van der Waals surface area contributed by atoms with Crippen LogP contribution in [0.1, 0.15) is 23.3 Å². The molecule has 3 rings (SSSR count). The fraction of sp³-hybridized carbons (Fsp3) is 0.474. The SMILES string of the molecule is Cc1ccc(OC2(C(=O)O)CCN(Cc3cnc(N(C)C)s3)CC2)cc1. The number of hydrogen-bond acceptors (Lipinski definition) is 6. The van der Waals surface area contributed by atoms with Gasteiger partial charge in [0.2, 0.25) is 5.60 Å². The standard InChI is InChI=1S/C19H25N3O3S/c1-14-4-6-15(7-5-14)25-19(17(23)24)8-10-22(11-9-19)13-16-12-20-18(26-16)21(2)3/h4-7,12H,8-11,13H2,1-3H3,(H,23,24). The monoisotopic (exact) mass is 375 g/mol.